The summed E-state index contributed by atoms with van der Waals surface area (Å²) in [4.78, 5) is 18.6. The molecular formula is C30H29N3O4. The highest BCUT2D eigenvalue weighted by atomic mass is 16.5. The fourth-order valence-electron chi connectivity index (χ4n) is 4.89. The largest absolute Gasteiger partial charge is 0.497 e. The van der Waals surface area contributed by atoms with Crippen LogP contribution in [-0.2, 0) is 9.53 Å². The minimum Gasteiger partial charge on any atom is -0.497 e. The maximum Gasteiger partial charge on any atom is 0.256 e. The minimum absolute atomic E-state index is 0.108. The molecule has 1 aromatic heterocycles. The average molecular weight is 496 g/mol. The summed E-state index contributed by atoms with van der Waals surface area (Å²) in [5.41, 5.74) is 6.26. The second kappa shape index (κ2) is 10.1. The molecule has 188 valence electrons. The molecule has 1 saturated heterocycles. The Morgan fingerprint density at radius 3 is 2.70 bits per heavy atom. The number of aromatic nitrogens is 1. The van der Waals surface area contributed by atoms with Crippen molar-refractivity contribution in [2.75, 3.05) is 51.9 Å². The number of fused-ring (bicyclic) bond motifs is 2. The Morgan fingerprint density at radius 2 is 1.84 bits per heavy atom. The van der Waals surface area contributed by atoms with Crippen molar-refractivity contribution < 1.29 is 19.0 Å². The third-order valence-electron chi connectivity index (χ3n) is 6.90. The highest BCUT2D eigenvalue weighted by Crippen LogP contribution is 2.37. The van der Waals surface area contributed by atoms with Crippen LogP contribution in [0.15, 0.2) is 66.7 Å². The van der Waals surface area contributed by atoms with E-state index in [1.54, 1.807) is 7.11 Å². The van der Waals surface area contributed by atoms with Crippen LogP contribution in [0, 0.1) is 0 Å². The fourth-order valence-corrected chi connectivity index (χ4v) is 4.89. The number of benzene rings is 3. The van der Waals surface area contributed by atoms with Gasteiger partial charge >= 0.3 is 0 Å². The summed E-state index contributed by atoms with van der Waals surface area (Å²) >= 11 is 0. The van der Waals surface area contributed by atoms with Crippen LogP contribution in [0.3, 0.4) is 0 Å². The molecule has 7 nitrogen and oxygen atoms in total. The molecule has 7 heteroatoms. The number of anilines is 1. The van der Waals surface area contributed by atoms with Gasteiger partial charge in [-0.25, -0.2) is 0 Å². The third-order valence-corrected chi connectivity index (χ3v) is 6.90. The Kier molecular flexibility index (Phi) is 6.39. The van der Waals surface area contributed by atoms with Gasteiger partial charge in [-0.15, -0.1) is 0 Å². The lowest BCUT2D eigenvalue weighted by atomic mass is 10.00. The van der Waals surface area contributed by atoms with Crippen molar-refractivity contribution in [2.24, 2.45) is 0 Å². The van der Waals surface area contributed by atoms with E-state index in [1.807, 2.05) is 72.8 Å². The summed E-state index contributed by atoms with van der Waals surface area (Å²) in [6, 6.07) is 22.0. The van der Waals surface area contributed by atoms with Gasteiger partial charge in [0.05, 0.1) is 25.9 Å². The van der Waals surface area contributed by atoms with E-state index >= 15 is 0 Å². The zero-order valence-corrected chi connectivity index (χ0v) is 20.8. The normalized spacial score (nSPS) is 16.7. The first-order valence-corrected chi connectivity index (χ1v) is 12.5. The summed E-state index contributed by atoms with van der Waals surface area (Å²) in [5, 5.41) is 4.06. The Bertz CT molecular complexity index is 1480. The van der Waals surface area contributed by atoms with Crippen molar-refractivity contribution in [1.82, 2.24) is 9.88 Å². The first-order chi connectivity index (χ1) is 18.2. The van der Waals surface area contributed by atoms with Gasteiger partial charge in [0.25, 0.3) is 5.91 Å². The molecule has 6 rings (SSSR count). The van der Waals surface area contributed by atoms with Gasteiger partial charge < -0.3 is 24.5 Å². The van der Waals surface area contributed by atoms with Crippen LogP contribution in [-0.4, -0.2) is 62.4 Å². The van der Waals surface area contributed by atoms with Crippen LogP contribution in [0.1, 0.15) is 11.3 Å². The number of nitrogens with one attached hydrogen (secondary N) is 2. The maximum atomic E-state index is 12.9. The molecule has 37 heavy (non-hydrogen) atoms. The van der Waals surface area contributed by atoms with Gasteiger partial charge in [0.2, 0.25) is 0 Å². The SMILES string of the molecule is COc1cccc(-c2ccc3c(c2)NC(=O)/C3=C/c2cc3cc(OCCN4CCOCC4)ccc3[nH]2)c1. The van der Waals surface area contributed by atoms with E-state index in [0.717, 1.165) is 83.3 Å². The molecular weight excluding hydrogens is 466 g/mol. The van der Waals surface area contributed by atoms with Crippen LogP contribution in [0.2, 0.25) is 0 Å². The van der Waals surface area contributed by atoms with Crippen molar-refractivity contribution in [2.45, 2.75) is 0 Å². The number of H-pyrrole nitrogens is 1. The third kappa shape index (κ3) is 4.96. The standard InChI is InChI=1S/C30H29N3O4/c1-35-24-4-2-3-20(16-24)21-5-7-26-27(30(34)32-29(26)18-21)19-23-15-22-17-25(6-8-28(22)31-23)37-14-11-33-9-12-36-13-10-33/h2-8,15-19,31H,9-14H2,1H3,(H,32,34)/b27-19+. The van der Waals surface area contributed by atoms with Crippen LogP contribution < -0.4 is 14.8 Å². The summed E-state index contributed by atoms with van der Waals surface area (Å²) in [6.45, 7) is 5.02. The average Bonchev–Trinajstić information content (AvgIpc) is 3.48. The molecule has 0 atom stereocenters. The zero-order chi connectivity index (χ0) is 25.2. The summed E-state index contributed by atoms with van der Waals surface area (Å²) < 4.78 is 16.8. The first-order valence-electron chi connectivity index (χ1n) is 12.5. The van der Waals surface area contributed by atoms with Gasteiger partial charge in [0.15, 0.2) is 0 Å². The summed E-state index contributed by atoms with van der Waals surface area (Å²) in [7, 11) is 1.66. The highest BCUT2D eigenvalue weighted by molar-refractivity contribution is 6.35. The molecule has 0 spiro atoms. The number of ether oxygens (including phenoxy) is 3. The number of methoxy groups -OCH3 is 1. The van der Waals surface area contributed by atoms with Crippen LogP contribution >= 0.6 is 0 Å². The Morgan fingerprint density at radius 1 is 0.973 bits per heavy atom. The van der Waals surface area contributed by atoms with Crippen LogP contribution in [0.5, 0.6) is 11.5 Å². The van der Waals surface area contributed by atoms with Gasteiger partial charge in [-0.1, -0.05) is 24.3 Å². The molecule has 3 heterocycles. The van der Waals surface area contributed by atoms with Gasteiger partial charge in [0.1, 0.15) is 18.1 Å². The topological polar surface area (TPSA) is 75.8 Å². The maximum absolute atomic E-state index is 12.9. The molecule has 2 N–H and O–H groups in total. The van der Waals surface area contributed by atoms with Gasteiger partial charge in [-0.05, 0) is 59.7 Å². The number of morpholine rings is 1. The molecule has 2 aliphatic heterocycles. The predicted octanol–water partition coefficient (Wildman–Crippen LogP) is 5.05. The molecule has 0 unspecified atom stereocenters. The van der Waals surface area contributed by atoms with E-state index in [-0.39, 0.29) is 5.91 Å². The van der Waals surface area contributed by atoms with Gasteiger partial charge in [0, 0.05) is 47.5 Å². The quantitative estimate of drug-likeness (QED) is 0.351. The number of aromatic amines is 1. The number of carbonyl (C=O) groups excluding carboxylic acids is 1. The monoisotopic (exact) mass is 495 g/mol. The van der Waals surface area contributed by atoms with Crippen molar-refractivity contribution in [3.8, 4) is 22.6 Å². The van der Waals surface area contributed by atoms with Crippen molar-refractivity contribution >= 4 is 34.1 Å². The summed E-state index contributed by atoms with van der Waals surface area (Å²) in [6.07, 6.45) is 1.91. The zero-order valence-electron chi connectivity index (χ0n) is 20.8. The molecule has 1 fully saturated rings. The van der Waals surface area contributed by atoms with Gasteiger partial charge in [-0.2, -0.15) is 0 Å². The van der Waals surface area contributed by atoms with Crippen molar-refractivity contribution in [3.05, 3.63) is 78.0 Å². The molecule has 0 bridgehead atoms. The van der Waals surface area contributed by atoms with Crippen LogP contribution in [0.4, 0.5) is 5.69 Å². The summed E-state index contributed by atoms with van der Waals surface area (Å²) in [5.74, 6) is 1.53. The Hall–Kier alpha value is -4.07. The number of hydrogen-bond acceptors (Lipinski definition) is 5. The lowest BCUT2D eigenvalue weighted by Gasteiger charge is -2.26. The van der Waals surface area contributed by atoms with E-state index in [4.69, 9.17) is 14.2 Å². The molecule has 1 amide bonds. The van der Waals surface area contributed by atoms with E-state index < -0.39 is 0 Å². The van der Waals surface area contributed by atoms with E-state index in [1.165, 1.54) is 0 Å². The second-order valence-corrected chi connectivity index (χ2v) is 9.28. The van der Waals surface area contributed by atoms with E-state index in [9.17, 15) is 4.79 Å². The molecule has 0 saturated carbocycles. The molecule has 2 aliphatic rings. The molecule has 0 radical (unpaired) electrons. The number of nitrogens with zero attached hydrogens (tertiary/aromatic N) is 1. The number of carbonyl (C=O) groups is 1. The lowest BCUT2D eigenvalue weighted by molar-refractivity contribution is -0.110. The minimum atomic E-state index is -0.108. The smallest absolute Gasteiger partial charge is 0.256 e. The van der Waals surface area contributed by atoms with Gasteiger partial charge in [-0.3, -0.25) is 9.69 Å². The van der Waals surface area contributed by atoms with Crippen LogP contribution in [0.25, 0.3) is 33.7 Å². The van der Waals surface area contributed by atoms with E-state index in [2.05, 4.69) is 15.2 Å². The number of hydrogen-bond donors (Lipinski definition) is 2. The molecule has 3 aromatic carbocycles. The highest BCUT2D eigenvalue weighted by Gasteiger charge is 2.24. The second-order valence-electron chi connectivity index (χ2n) is 9.28. The lowest BCUT2D eigenvalue weighted by Crippen LogP contribution is -2.38. The van der Waals surface area contributed by atoms with E-state index in [0.29, 0.717) is 12.2 Å². The van der Waals surface area contributed by atoms with Crippen molar-refractivity contribution in [1.29, 1.82) is 0 Å². The molecule has 0 aliphatic carbocycles. The number of amides is 1. The first kappa shape index (κ1) is 23.3. The Balaban J connectivity index is 1.20. The predicted molar refractivity (Wildman–Crippen MR) is 146 cm³/mol. The Labute approximate surface area is 215 Å². The molecule has 4 aromatic rings. The van der Waals surface area contributed by atoms with Crippen molar-refractivity contribution in [3.63, 3.8) is 0 Å². The number of rotatable bonds is 7. The fraction of sp³-hybridized carbons (Fsp3) is 0.233.